The molecular weight excluding hydrogens is 279 g/mol. The minimum Gasteiger partial charge on any atom is -0.461 e. The van der Waals surface area contributed by atoms with E-state index in [1.807, 2.05) is 30.3 Å². The summed E-state index contributed by atoms with van der Waals surface area (Å²) in [6.07, 6.45) is 4.85. The van der Waals surface area contributed by atoms with E-state index >= 15 is 0 Å². The molecule has 4 aliphatic carbocycles. The van der Waals surface area contributed by atoms with Crippen molar-refractivity contribution >= 4 is 5.97 Å². The van der Waals surface area contributed by atoms with Gasteiger partial charge in [0.05, 0.1) is 0 Å². The predicted octanol–water partition coefficient (Wildman–Crippen LogP) is 4.28. The molecule has 5 atom stereocenters. The molecule has 4 aliphatic rings. The minimum absolute atomic E-state index is 0.116. The maximum Gasteiger partial charge on any atom is 0.306 e. The lowest BCUT2D eigenvalue weighted by molar-refractivity contribution is -0.154. The number of esters is 1. The van der Waals surface area contributed by atoms with Gasteiger partial charge in [0.15, 0.2) is 0 Å². The summed E-state index contributed by atoms with van der Waals surface area (Å²) in [6.45, 7) is 0.345. The zero-order valence-electron chi connectivity index (χ0n) is 12.8. The van der Waals surface area contributed by atoms with Gasteiger partial charge in [-0.25, -0.2) is 4.39 Å². The third-order valence-corrected chi connectivity index (χ3v) is 6.04. The van der Waals surface area contributed by atoms with Crippen LogP contribution in [0.15, 0.2) is 30.3 Å². The predicted molar refractivity (Wildman–Crippen MR) is 81.7 cm³/mol. The number of hydrogen-bond donors (Lipinski definition) is 0. The summed E-state index contributed by atoms with van der Waals surface area (Å²) in [5, 5.41) is 0. The van der Waals surface area contributed by atoms with Crippen molar-refractivity contribution in [3.05, 3.63) is 35.9 Å². The van der Waals surface area contributed by atoms with Gasteiger partial charge >= 0.3 is 5.97 Å². The summed E-state index contributed by atoms with van der Waals surface area (Å²) in [7, 11) is 0. The fraction of sp³-hybridized carbons (Fsp3) is 0.632. The number of halogens is 1. The van der Waals surface area contributed by atoms with Crippen molar-refractivity contribution in [1.29, 1.82) is 0 Å². The first kappa shape index (κ1) is 14.2. The molecule has 0 radical (unpaired) electrons. The second-order valence-electron chi connectivity index (χ2n) is 7.64. The molecule has 0 amide bonds. The van der Waals surface area contributed by atoms with Crippen LogP contribution in [0.1, 0.15) is 44.1 Å². The number of benzene rings is 1. The standard InChI is InChI=1S/C19H23FO2/c20-19-9-14-6-15(10-19)17(16(7-14)11-19)8-18(21)22-12-13-4-2-1-3-5-13/h1-5,14-17H,6-12H2/t14?,15-,16+,17?,19?. The molecule has 4 fully saturated rings. The molecule has 2 nitrogen and oxygen atoms in total. The summed E-state index contributed by atoms with van der Waals surface area (Å²) in [4.78, 5) is 12.2. The number of hydrogen-bond acceptors (Lipinski definition) is 2. The quantitative estimate of drug-likeness (QED) is 0.776. The van der Waals surface area contributed by atoms with Crippen LogP contribution in [-0.2, 0) is 16.1 Å². The maximum absolute atomic E-state index is 14.6. The number of ether oxygens (including phenoxy) is 1. The highest BCUT2D eigenvalue weighted by atomic mass is 19.1. The Morgan fingerprint density at radius 2 is 1.82 bits per heavy atom. The summed E-state index contributed by atoms with van der Waals surface area (Å²) in [5.74, 6) is 1.61. The number of rotatable bonds is 4. The smallest absolute Gasteiger partial charge is 0.306 e. The van der Waals surface area contributed by atoms with Crippen molar-refractivity contribution in [3.8, 4) is 0 Å². The van der Waals surface area contributed by atoms with Gasteiger partial charge in [0, 0.05) is 6.42 Å². The molecule has 1 aromatic rings. The largest absolute Gasteiger partial charge is 0.461 e. The molecule has 4 bridgehead atoms. The van der Waals surface area contributed by atoms with Crippen LogP contribution in [0.4, 0.5) is 4.39 Å². The Bertz CT molecular complexity index is 540. The van der Waals surface area contributed by atoms with Gasteiger partial charge < -0.3 is 4.74 Å². The van der Waals surface area contributed by atoms with E-state index in [9.17, 15) is 9.18 Å². The molecule has 0 heterocycles. The van der Waals surface area contributed by atoms with Gasteiger partial charge in [-0.05, 0) is 61.3 Å². The van der Waals surface area contributed by atoms with Crippen LogP contribution in [0.2, 0.25) is 0 Å². The van der Waals surface area contributed by atoms with Gasteiger partial charge in [-0.1, -0.05) is 30.3 Å². The summed E-state index contributed by atoms with van der Waals surface area (Å²) >= 11 is 0. The normalized spacial score (nSPS) is 39.0. The highest BCUT2D eigenvalue weighted by Gasteiger charge is 2.56. The van der Waals surface area contributed by atoms with E-state index < -0.39 is 5.67 Å². The highest BCUT2D eigenvalue weighted by molar-refractivity contribution is 5.69. The van der Waals surface area contributed by atoms with Gasteiger partial charge in [-0.15, -0.1) is 0 Å². The fourth-order valence-corrected chi connectivity index (χ4v) is 5.35. The highest BCUT2D eigenvalue weighted by Crippen LogP contribution is 2.60. The van der Waals surface area contributed by atoms with Gasteiger partial charge in [-0.2, -0.15) is 0 Å². The van der Waals surface area contributed by atoms with Gasteiger partial charge in [-0.3, -0.25) is 4.79 Å². The Labute approximate surface area is 131 Å². The molecule has 5 rings (SSSR count). The fourth-order valence-electron chi connectivity index (χ4n) is 5.35. The maximum atomic E-state index is 14.6. The molecular formula is C19H23FO2. The first-order valence-electron chi connectivity index (χ1n) is 8.50. The van der Waals surface area contributed by atoms with Crippen molar-refractivity contribution in [2.45, 2.75) is 50.8 Å². The van der Waals surface area contributed by atoms with E-state index in [1.165, 1.54) is 0 Å². The molecule has 22 heavy (non-hydrogen) atoms. The second-order valence-corrected chi connectivity index (χ2v) is 7.64. The lowest BCUT2D eigenvalue weighted by Crippen LogP contribution is -2.52. The molecule has 4 saturated carbocycles. The Balaban J connectivity index is 1.35. The monoisotopic (exact) mass is 302 g/mol. The van der Waals surface area contributed by atoms with E-state index in [-0.39, 0.29) is 5.97 Å². The molecule has 0 aromatic heterocycles. The van der Waals surface area contributed by atoms with Crippen LogP contribution in [-0.4, -0.2) is 11.6 Å². The average Bonchev–Trinajstić information content (AvgIpc) is 2.48. The van der Waals surface area contributed by atoms with Gasteiger partial charge in [0.2, 0.25) is 0 Å². The molecule has 3 heteroatoms. The van der Waals surface area contributed by atoms with Crippen LogP contribution in [0.5, 0.6) is 0 Å². The summed E-state index contributed by atoms with van der Waals surface area (Å²) in [5.41, 5.74) is 0.102. The molecule has 118 valence electrons. The average molecular weight is 302 g/mol. The molecule has 0 N–H and O–H groups in total. The first-order valence-corrected chi connectivity index (χ1v) is 8.50. The van der Waals surface area contributed by atoms with E-state index in [1.54, 1.807) is 0 Å². The van der Waals surface area contributed by atoms with Crippen molar-refractivity contribution < 1.29 is 13.9 Å². The number of alkyl halides is 1. The van der Waals surface area contributed by atoms with Crippen LogP contribution < -0.4 is 0 Å². The lowest BCUT2D eigenvalue weighted by atomic mass is 9.50. The first-order chi connectivity index (χ1) is 10.6. The van der Waals surface area contributed by atoms with E-state index in [0.29, 0.717) is 49.5 Å². The van der Waals surface area contributed by atoms with Crippen molar-refractivity contribution in [3.63, 3.8) is 0 Å². The Kier molecular flexibility index (Phi) is 3.47. The van der Waals surface area contributed by atoms with Gasteiger partial charge in [0.25, 0.3) is 0 Å². The minimum atomic E-state index is -0.916. The zero-order valence-corrected chi connectivity index (χ0v) is 12.8. The Morgan fingerprint density at radius 3 is 2.45 bits per heavy atom. The molecule has 3 unspecified atom stereocenters. The summed E-state index contributed by atoms with van der Waals surface area (Å²) in [6, 6.07) is 9.77. The van der Waals surface area contributed by atoms with E-state index in [2.05, 4.69) is 0 Å². The number of carbonyl (C=O) groups excluding carboxylic acids is 1. The van der Waals surface area contributed by atoms with Crippen molar-refractivity contribution in [2.24, 2.45) is 23.7 Å². The third-order valence-electron chi connectivity index (χ3n) is 6.04. The third kappa shape index (κ3) is 2.66. The molecule has 0 aliphatic heterocycles. The Morgan fingerprint density at radius 1 is 1.14 bits per heavy atom. The van der Waals surface area contributed by atoms with Crippen LogP contribution >= 0.6 is 0 Å². The molecule has 0 spiro atoms. The van der Waals surface area contributed by atoms with E-state index in [4.69, 9.17) is 4.74 Å². The molecule has 1 aromatic carbocycles. The second kappa shape index (κ2) is 5.36. The SMILES string of the molecule is O=C(CC1[C@@H]2CC3C[C@H]1CC(F)(C3)C2)OCc1ccccc1. The summed E-state index contributed by atoms with van der Waals surface area (Å²) < 4.78 is 20.1. The van der Waals surface area contributed by atoms with Crippen LogP contribution in [0.3, 0.4) is 0 Å². The molecule has 0 saturated heterocycles. The zero-order chi connectivity index (χ0) is 15.2. The van der Waals surface area contributed by atoms with Crippen molar-refractivity contribution in [2.75, 3.05) is 0 Å². The topological polar surface area (TPSA) is 26.3 Å². The number of carbonyl (C=O) groups is 1. The van der Waals surface area contributed by atoms with Crippen LogP contribution in [0.25, 0.3) is 0 Å². The lowest BCUT2D eigenvalue weighted by Gasteiger charge is -2.56. The van der Waals surface area contributed by atoms with Crippen LogP contribution in [0, 0.1) is 23.7 Å². The van der Waals surface area contributed by atoms with Crippen molar-refractivity contribution in [1.82, 2.24) is 0 Å². The van der Waals surface area contributed by atoms with Gasteiger partial charge in [0.1, 0.15) is 12.3 Å². The van der Waals surface area contributed by atoms with E-state index in [0.717, 1.165) is 24.8 Å². The Hall–Kier alpha value is -1.38.